The molecule has 1 aromatic heterocycles. The van der Waals surface area contributed by atoms with Gasteiger partial charge in [-0.25, -0.2) is 9.37 Å². The van der Waals surface area contributed by atoms with Crippen LogP contribution in [-0.2, 0) is 11.2 Å². The molecule has 1 saturated heterocycles. The van der Waals surface area contributed by atoms with E-state index in [9.17, 15) is 9.18 Å². The Labute approximate surface area is 139 Å². The van der Waals surface area contributed by atoms with Crippen molar-refractivity contribution in [1.82, 2.24) is 15.2 Å². The molecule has 1 aromatic carbocycles. The molecule has 2 aromatic rings. The van der Waals surface area contributed by atoms with Crippen LogP contribution in [0.2, 0.25) is 0 Å². The van der Waals surface area contributed by atoms with Gasteiger partial charge in [-0.3, -0.25) is 9.69 Å². The fourth-order valence-electron chi connectivity index (χ4n) is 3.05. The second-order valence-corrected chi connectivity index (χ2v) is 6.78. The van der Waals surface area contributed by atoms with Gasteiger partial charge in [0, 0.05) is 24.5 Å². The first-order chi connectivity index (χ1) is 11.1. The average Bonchev–Trinajstić information content (AvgIpc) is 2.91. The largest absolute Gasteiger partial charge is 0.353 e. The van der Waals surface area contributed by atoms with E-state index in [2.05, 4.69) is 15.2 Å². The molecule has 0 saturated carbocycles. The van der Waals surface area contributed by atoms with E-state index >= 15 is 0 Å². The molecule has 6 heteroatoms. The fraction of sp³-hybridized carbons (Fsp3) is 0.412. The number of thiazole rings is 1. The predicted octanol–water partition coefficient (Wildman–Crippen LogP) is 2.61. The molecule has 0 unspecified atom stereocenters. The van der Waals surface area contributed by atoms with E-state index < -0.39 is 0 Å². The maximum Gasteiger partial charge on any atom is 0.242 e. The first-order valence-electron chi connectivity index (χ1n) is 7.73. The van der Waals surface area contributed by atoms with E-state index in [1.165, 1.54) is 17.0 Å². The third kappa shape index (κ3) is 3.43. The van der Waals surface area contributed by atoms with Gasteiger partial charge in [0.25, 0.3) is 0 Å². The Balaban J connectivity index is 1.82. The van der Waals surface area contributed by atoms with Gasteiger partial charge in [-0.2, -0.15) is 0 Å². The summed E-state index contributed by atoms with van der Waals surface area (Å²) in [4.78, 5) is 20.1. The summed E-state index contributed by atoms with van der Waals surface area (Å²) < 4.78 is 13.4. The lowest BCUT2D eigenvalue weighted by atomic mass is 9.97. The second kappa shape index (κ2) is 6.76. The Morgan fingerprint density at radius 1 is 1.43 bits per heavy atom. The van der Waals surface area contributed by atoms with Crippen molar-refractivity contribution in [3.63, 3.8) is 0 Å². The summed E-state index contributed by atoms with van der Waals surface area (Å²) in [5, 5.41) is 2.92. The molecular weight excluding hydrogens is 313 g/mol. The smallest absolute Gasteiger partial charge is 0.242 e. The first-order valence-corrected chi connectivity index (χ1v) is 8.61. The number of nitrogens with one attached hydrogen (secondary N) is 1. The highest BCUT2D eigenvalue weighted by Crippen LogP contribution is 2.27. The van der Waals surface area contributed by atoms with Crippen molar-refractivity contribution in [2.75, 3.05) is 19.6 Å². The Morgan fingerprint density at radius 2 is 2.26 bits per heavy atom. The van der Waals surface area contributed by atoms with Crippen LogP contribution < -0.4 is 5.32 Å². The van der Waals surface area contributed by atoms with Crippen LogP contribution in [0.5, 0.6) is 0 Å². The van der Waals surface area contributed by atoms with Gasteiger partial charge in [-0.1, -0.05) is 6.07 Å². The number of nitrogens with zero attached hydrogens (tertiary/aromatic N) is 2. The van der Waals surface area contributed by atoms with Crippen LogP contribution in [0.3, 0.4) is 0 Å². The van der Waals surface area contributed by atoms with Crippen molar-refractivity contribution in [3.05, 3.63) is 51.2 Å². The molecule has 0 spiro atoms. The van der Waals surface area contributed by atoms with Gasteiger partial charge in [0.1, 0.15) is 11.9 Å². The minimum atomic E-state index is -0.349. The van der Waals surface area contributed by atoms with Gasteiger partial charge in [-0.05, 0) is 43.5 Å². The highest BCUT2D eigenvalue weighted by atomic mass is 32.1. The Kier molecular flexibility index (Phi) is 4.73. The first kappa shape index (κ1) is 16.1. The van der Waals surface area contributed by atoms with Crippen LogP contribution in [0, 0.1) is 19.7 Å². The highest BCUT2D eigenvalue weighted by Gasteiger charge is 2.32. The van der Waals surface area contributed by atoms with Crippen LogP contribution in [0.1, 0.15) is 27.7 Å². The van der Waals surface area contributed by atoms with E-state index in [4.69, 9.17) is 0 Å². The zero-order valence-corrected chi connectivity index (χ0v) is 14.1. The molecule has 1 N–H and O–H groups in total. The van der Waals surface area contributed by atoms with Gasteiger partial charge >= 0.3 is 0 Å². The zero-order chi connectivity index (χ0) is 16.4. The SMILES string of the molecule is Cc1cc(F)ccc1[C@H]1C(=O)NCCN1CCc1scnc1C. The summed E-state index contributed by atoms with van der Waals surface area (Å²) >= 11 is 1.65. The van der Waals surface area contributed by atoms with Gasteiger partial charge in [-0.15, -0.1) is 11.3 Å². The maximum atomic E-state index is 13.4. The highest BCUT2D eigenvalue weighted by molar-refractivity contribution is 7.09. The summed E-state index contributed by atoms with van der Waals surface area (Å²) in [6.07, 6.45) is 0.876. The Bertz CT molecular complexity index is 716. The number of carbonyl (C=O) groups excluding carboxylic acids is 1. The van der Waals surface area contributed by atoms with E-state index in [-0.39, 0.29) is 17.8 Å². The lowest BCUT2D eigenvalue weighted by molar-refractivity contribution is -0.129. The molecule has 23 heavy (non-hydrogen) atoms. The fourth-order valence-corrected chi connectivity index (χ4v) is 3.82. The summed E-state index contributed by atoms with van der Waals surface area (Å²) in [7, 11) is 0. The van der Waals surface area contributed by atoms with E-state index in [1.807, 2.05) is 19.4 Å². The van der Waals surface area contributed by atoms with E-state index in [0.29, 0.717) is 6.54 Å². The number of aryl methyl sites for hydroxylation is 2. The molecule has 1 aliphatic rings. The van der Waals surface area contributed by atoms with Crippen molar-refractivity contribution < 1.29 is 9.18 Å². The molecule has 0 aliphatic carbocycles. The van der Waals surface area contributed by atoms with Crippen LogP contribution in [0.4, 0.5) is 4.39 Å². The van der Waals surface area contributed by atoms with E-state index in [1.54, 1.807) is 17.4 Å². The Hall–Kier alpha value is -1.79. The van der Waals surface area contributed by atoms with Crippen molar-refractivity contribution >= 4 is 17.2 Å². The van der Waals surface area contributed by atoms with Crippen LogP contribution >= 0.6 is 11.3 Å². The zero-order valence-electron chi connectivity index (χ0n) is 13.3. The minimum absolute atomic E-state index is 0.00742. The number of benzene rings is 1. The number of carbonyl (C=O) groups is 1. The molecule has 1 aliphatic heterocycles. The maximum absolute atomic E-state index is 13.4. The second-order valence-electron chi connectivity index (χ2n) is 5.84. The molecule has 2 heterocycles. The van der Waals surface area contributed by atoms with Crippen molar-refractivity contribution in [2.45, 2.75) is 26.3 Å². The number of aromatic nitrogens is 1. The quantitative estimate of drug-likeness (QED) is 0.935. The van der Waals surface area contributed by atoms with E-state index in [0.717, 1.165) is 36.3 Å². The third-order valence-corrected chi connectivity index (χ3v) is 5.30. The Morgan fingerprint density at radius 3 is 2.96 bits per heavy atom. The summed E-state index contributed by atoms with van der Waals surface area (Å²) in [6, 6.07) is 4.29. The number of amides is 1. The number of halogens is 1. The number of piperazine rings is 1. The normalized spacial score (nSPS) is 18.9. The summed E-state index contributed by atoms with van der Waals surface area (Å²) in [5.41, 5.74) is 4.61. The molecule has 1 atom stereocenters. The lowest BCUT2D eigenvalue weighted by Gasteiger charge is -2.36. The van der Waals surface area contributed by atoms with Crippen molar-refractivity contribution in [1.29, 1.82) is 0 Å². The predicted molar refractivity (Wildman–Crippen MR) is 89.0 cm³/mol. The molecule has 0 bridgehead atoms. The molecule has 1 amide bonds. The number of rotatable bonds is 4. The monoisotopic (exact) mass is 333 g/mol. The molecule has 0 radical (unpaired) electrons. The molecular formula is C17H20FN3OS. The summed E-state index contributed by atoms with van der Waals surface area (Å²) in [5.74, 6) is -0.277. The molecule has 1 fully saturated rings. The van der Waals surface area contributed by atoms with Gasteiger partial charge < -0.3 is 5.32 Å². The molecule has 4 nitrogen and oxygen atoms in total. The molecule has 122 valence electrons. The topological polar surface area (TPSA) is 45.2 Å². The van der Waals surface area contributed by atoms with Gasteiger partial charge in [0.2, 0.25) is 5.91 Å². The molecule has 3 rings (SSSR count). The van der Waals surface area contributed by atoms with Crippen LogP contribution in [0.15, 0.2) is 23.7 Å². The number of hydrogen-bond donors (Lipinski definition) is 1. The van der Waals surface area contributed by atoms with Crippen LogP contribution in [0.25, 0.3) is 0 Å². The average molecular weight is 333 g/mol. The standard InChI is InChI=1S/C17H20FN3OS/c1-11-9-13(18)3-4-14(11)16-17(22)19-6-8-21(16)7-5-15-12(2)20-10-23-15/h3-4,9-10,16H,5-8H2,1-2H3,(H,19,22)/t16-/m0/s1. The van der Waals surface area contributed by atoms with Gasteiger partial charge in [0.15, 0.2) is 0 Å². The van der Waals surface area contributed by atoms with Crippen LogP contribution in [-0.4, -0.2) is 35.4 Å². The lowest BCUT2D eigenvalue weighted by Crippen LogP contribution is -2.50. The van der Waals surface area contributed by atoms with Gasteiger partial charge in [0.05, 0.1) is 11.2 Å². The third-order valence-electron chi connectivity index (χ3n) is 4.31. The van der Waals surface area contributed by atoms with Crippen molar-refractivity contribution in [2.24, 2.45) is 0 Å². The minimum Gasteiger partial charge on any atom is -0.353 e. The summed E-state index contributed by atoms with van der Waals surface area (Å²) in [6.45, 7) is 6.10. The van der Waals surface area contributed by atoms with Crippen molar-refractivity contribution in [3.8, 4) is 0 Å². The number of hydrogen-bond acceptors (Lipinski definition) is 4.